The van der Waals surface area contributed by atoms with Crippen LogP contribution < -0.4 is 16.2 Å². The summed E-state index contributed by atoms with van der Waals surface area (Å²) in [6, 6.07) is -0.655. The quantitative estimate of drug-likeness (QED) is 0.799. The first-order valence-electron chi connectivity index (χ1n) is 6.95. The highest BCUT2D eigenvalue weighted by Gasteiger charge is 2.31. The predicted octanol–water partition coefficient (Wildman–Crippen LogP) is 2.32. The molecule has 2 aromatic rings. The minimum absolute atomic E-state index is 0.441. The molecule has 0 aliphatic carbocycles. The fourth-order valence-corrected chi connectivity index (χ4v) is 2.11. The van der Waals surface area contributed by atoms with Crippen molar-refractivity contribution >= 4 is 11.7 Å². The van der Waals surface area contributed by atoms with Gasteiger partial charge in [0.25, 0.3) is 5.56 Å². The summed E-state index contributed by atoms with van der Waals surface area (Å²) in [5.74, 6) is 0. The van der Waals surface area contributed by atoms with E-state index in [2.05, 4.69) is 15.7 Å². The predicted molar refractivity (Wildman–Crippen MR) is 80.6 cm³/mol. The van der Waals surface area contributed by atoms with Gasteiger partial charge in [0.1, 0.15) is 5.69 Å². The lowest BCUT2D eigenvalue weighted by Crippen LogP contribution is -2.33. The van der Waals surface area contributed by atoms with Crippen molar-refractivity contribution in [3.8, 4) is 0 Å². The van der Waals surface area contributed by atoms with Crippen LogP contribution in [-0.2, 0) is 13.2 Å². The number of aromatic nitrogens is 3. The molecule has 3 N–H and O–H groups in total. The normalized spacial score (nSPS) is 12.8. The molecule has 0 bridgehead atoms. The Hall–Kier alpha value is -2.78. The summed E-state index contributed by atoms with van der Waals surface area (Å²) in [5.41, 5.74) is -0.792. The third kappa shape index (κ3) is 3.76. The van der Waals surface area contributed by atoms with Gasteiger partial charge in [0, 0.05) is 24.5 Å². The van der Waals surface area contributed by atoms with Gasteiger partial charge in [-0.2, -0.15) is 18.3 Å². The van der Waals surface area contributed by atoms with Gasteiger partial charge in [-0.25, -0.2) is 4.79 Å². The van der Waals surface area contributed by atoms with Crippen LogP contribution in [0.2, 0.25) is 0 Å². The van der Waals surface area contributed by atoms with Crippen LogP contribution >= 0.6 is 0 Å². The number of rotatable bonds is 3. The van der Waals surface area contributed by atoms with Crippen LogP contribution in [0.3, 0.4) is 0 Å². The Bertz CT molecular complexity index is 809. The molecule has 0 saturated heterocycles. The number of carbonyl (C=O) groups excluding carboxylic acids is 1. The molecule has 0 spiro atoms. The lowest BCUT2D eigenvalue weighted by molar-refractivity contribution is -0.137. The molecule has 0 aliphatic heterocycles. The monoisotopic (exact) mass is 343 g/mol. The Morgan fingerprint density at radius 2 is 2.08 bits per heavy atom. The summed E-state index contributed by atoms with van der Waals surface area (Å²) in [5, 5.41) is 8.72. The second-order valence-corrected chi connectivity index (χ2v) is 5.26. The molecule has 1 unspecified atom stereocenters. The van der Waals surface area contributed by atoms with E-state index >= 15 is 0 Å². The highest BCUT2D eigenvalue weighted by atomic mass is 19.4. The second-order valence-electron chi connectivity index (χ2n) is 5.26. The van der Waals surface area contributed by atoms with Crippen LogP contribution in [-0.4, -0.2) is 20.8 Å². The summed E-state index contributed by atoms with van der Waals surface area (Å²) in [4.78, 5) is 25.5. The molecule has 0 fully saturated rings. The van der Waals surface area contributed by atoms with E-state index in [1.54, 1.807) is 24.9 Å². The number of nitrogens with zero attached hydrogens (tertiary/aromatic N) is 2. The van der Waals surface area contributed by atoms with Gasteiger partial charge in [0.15, 0.2) is 0 Å². The van der Waals surface area contributed by atoms with Crippen molar-refractivity contribution in [2.75, 3.05) is 5.32 Å². The maximum Gasteiger partial charge on any atom is 0.417 e. The molecule has 0 radical (unpaired) electrons. The van der Waals surface area contributed by atoms with Gasteiger partial charge in [0.05, 0.1) is 17.8 Å². The molecular weight excluding hydrogens is 327 g/mol. The fraction of sp³-hybridized carbons (Fsp3) is 0.357. The number of halogens is 3. The number of hydrogen-bond acceptors (Lipinski definition) is 3. The SMILES string of the molecule is Cc1c(C(C)NC(=O)Nc2cc(C(F)(F)F)c[nH]c2=O)cnn1C. The van der Waals surface area contributed by atoms with E-state index in [4.69, 9.17) is 0 Å². The van der Waals surface area contributed by atoms with Gasteiger partial charge < -0.3 is 15.6 Å². The average molecular weight is 343 g/mol. The molecule has 2 amide bonds. The number of pyridine rings is 1. The standard InChI is InChI=1S/C14H16F3N5O2/c1-7(10-6-19-22(3)8(10)2)20-13(24)21-11-4-9(14(15,16)17)5-18-12(11)23/h4-7H,1-3H3,(H,18,23)(H2,20,21,24). The lowest BCUT2D eigenvalue weighted by atomic mass is 10.1. The highest BCUT2D eigenvalue weighted by Crippen LogP contribution is 2.29. The van der Waals surface area contributed by atoms with Gasteiger partial charge in [0.2, 0.25) is 0 Å². The Balaban J connectivity index is 2.12. The van der Waals surface area contributed by atoms with E-state index in [1.807, 2.05) is 11.9 Å². The van der Waals surface area contributed by atoms with Crippen LogP contribution in [0.4, 0.5) is 23.7 Å². The molecule has 0 aromatic carbocycles. The van der Waals surface area contributed by atoms with Crippen molar-refractivity contribution in [3.05, 3.63) is 45.6 Å². The van der Waals surface area contributed by atoms with Crippen molar-refractivity contribution in [2.45, 2.75) is 26.1 Å². The molecule has 10 heteroatoms. The highest BCUT2D eigenvalue weighted by molar-refractivity contribution is 5.89. The zero-order chi connectivity index (χ0) is 18.1. The largest absolute Gasteiger partial charge is 0.417 e. The first-order valence-corrected chi connectivity index (χ1v) is 6.95. The van der Waals surface area contributed by atoms with Gasteiger partial charge in [-0.3, -0.25) is 9.48 Å². The number of aryl methyl sites for hydroxylation is 1. The van der Waals surface area contributed by atoms with E-state index in [9.17, 15) is 22.8 Å². The molecule has 0 saturated carbocycles. The zero-order valence-electron chi connectivity index (χ0n) is 13.2. The Morgan fingerprint density at radius 3 is 2.62 bits per heavy atom. The van der Waals surface area contributed by atoms with Gasteiger partial charge in [-0.05, 0) is 19.9 Å². The number of urea groups is 1. The molecular formula is C14H16F3N5O2. The molecule has 1 atom stereocenters. The molecule has 2 aromatic heterocycles. The first-order chi connectivity index (χ1) is 11.1. The number of aromatic amines is 1. The number of carbonyl (C=O) groups is 1. The van der Waals surface area contributed by atoms with Gasteiger partial charge in [-0.1, -0.05) is 0 Å². The molecule has 7 nitrogen and oxygen atoms in total. The molecule has 130 valence electrons. The number of hydrogen-bond donors (Lipinski definition) is 3. The van der Waals surface area contributed by atoms with Gasteiger partial charge >= 0.3 is 12.2 Å². The third-order valence-electron chi connectivity index (χ3n) is 3.57. The first kappa shape index (κ1) is 17.6. The minimum Gasteiger partial charge on any atom is -0.331 e. The molecule has 0 aliphatic rings. The topological polar surface area (TPSA) is 91.8 Å². The Kier molecular flexibility index (Phi) is 4.67. The third-order valence-corrected chi connectivity index (χ3v) is 3.57. The minimum atomic E-state index is -4.63. The van der Waals surface area contributed by atoms with Gasteiger partial charge in [-0.15, -0.1) is 0 Å². The van der Waals surface area contributed by atoms with E-state index in [1.165, 1.54) is 0 Å². The Labute approximate surface area is 134 Å². The van der Waals surface area contributed by atoms with Crippen LogP contribution in [0.15, 0.2) is 23.3 Å². The fourth-order valence-electron chi connectivity index (χ4n) is 2.11. The van der Waals surface area contributed by atoms with Crippen LogP contribution in [0.1, 0.15) is 29.8 Å². The summed E-state index contributed by atoms with van der Waals surface area (Å²) in [7, 11) is 1.74. The summed E-state index contributed by atoms with van der Waals surface area (Å²) in [6.45, 7) is 3.51. The summed E-state index contributed by atoms with van der Waals surface area (Å²) < 4.78 is 39.6. The number of alkyl halides is 3. The molecule has 2 heterocycles. The zero-order valence-corrected chi connectivity index (χ0v) is 13.2. The van der Waals surface area contributed by atoms with Crippen molar-refractivity contribution in [3.63, 3.8) is 0 Å². The van der Waals surface area contributed by atoms with E-state index in [0.29, 0.717) is 12.3 Å². The second kappa shape index (κ2) is 6.38. The lowest BCUT2D eigenvalue weighted by Gasteiger charge is -2.15. The average Bonchev–Trinajstić information content (AvgIpc) is 2.80. The van der Waals surface area contributed by atoms with Crippen LogP contribution in [0.25, 0.3) is 0 Å². The smallest absolute Gasteiger partial charge is 0.331 e. The number of H-pyrrole nitrogens is 1. The van der Waals surface area contributed by atoms with Crippen LogP contribution in [0.5, 0.6) is 0 Å². The van der Waals surface area contributed by atoms with E-state index in [0.717, 1.165) is 11.3 Å². The molecule has 24 heavy (non-hydrogen) atoms. The van der Waals surface area contributed by atoms with Crippen molar-refractivity contribution in [1.82, 2.24) is 20.1 Å². The van der Waals surface area contributed by atoms with Crippen molar-refractivity contribution in [2.24, 2.45) is 7.05 Å². The number of nitrogens with one attached hydrogen (secondary N) is 3. The van der Waals surface area contributed by atoms with Crippen molar-refractivity contribution < 1.29 is 18.0 Å². The summed E-state index contributed by atoms with van der Waals surface area (Å²) in [6.07, 6.45) is -2.50. The Morgan fingerprint density at radius 1 is 1.42 bits per heavy atom. The number of anilines is 1. The van der Waals surface area contributed by atoms with Crippen LogP contribution in [0, 0.1) is 6.92 Å². The molecule has 2 rings (SSSR count). The maximum absolute atomic E-state index is 12.7. The van der Waals surface area contributed by atoms with E-state index in [-0.39, 0.29) is 0 Å². The number of amides is 2. The summed E-state index contributed by atoms with van der Waals surface area (Å²) >= 11 is 0. The van der Waals surface area contributed by atoms with Crippen molar-refractivity contribution in [1.29, 1.82) is 0 Å². The van der Waals surface area contributed by atoms with E-state index < -0.39 is 35.1 Å². The maximum atomic E-state index is 12.7.